The number of nitrogens with zero attached hydrogens (tertiary/aromatic N) is 3. The van der Waals surface area contributed by atoms with Gasteiger partial charge in [-0.15, -0.1) is 5.10 Å². The van der Waals surface area contributed by atoms with Crippen molar-refractivity contribution in [3.05, 3.63) is 11.9 Å². The van der Waals surface area contributed by atoms with Crippen LogP contribution in [0.5, 0.6) is 0 Å². The van der Waals surface area contributed by atoms with Gasteiger partial charge in [0.2, 0.25) is 0 Å². The molecule has 0 saturated heterocycles. The second kappa shape index (κ2) is 4.24. The molecule has 13 heavy (non-hydrogen) atoms. The molecule has 0 spiro atoms. The van der Waals surface area contributed by atoms with Crippen molar-refractivity contribution in [2.45, 2.75) is 18.9 Å². The maximum Gasteiger partial charge on any atom is 0.255 e. The van der Waals surface area contributed by atoms with E-state index in [-0.39, 0.29) is 6.42 Å². The van der Waals surface area contributed by atoms with Gasteiger partial charge in [0.1, 0.15) is 0 Å². The molecule has 7 heteroatoms. The van der Waals surface area contributed by atoms with E-state index in [2.05, 4.69) is 10.3 Å². The first kappa shape index (κ1) is 10.0. The van der Waals surface area contributed by atoms with Gasteiger partial charge in [0.25, 0.3) is 6.43 Å². The summed E-state index contributed by atoms with van der Waals surface area (Å²) in [7, 11) is 1.67. The van der Waals surface area contributed by atoms with Crippen molar-refractivity contribution in [1.29, 1.82) is 0 Å². The molecule has 0 bridgehead atoms. The number of nitrogens with two attached hydrogens (primary N) is 1. The number of alkyl halides is 2. The smallest absolute Gasteiger partial charge is 0.255 e. The summed E-state index contributed by atoms with van der Waals surface area (Å²) >= 11 is 0. The zero-order chi connectivity index (χ0) is 9.84. The fraction of sp³-hybridized carbons (Fsp3) is 0.667. The van der Waals surface area contributed by atoms with E-state index in [1.807, 2.05) is 5.43 Å². The summed E-state index contributed by atoms with van der Waals surface area (Å²) < 4.78 is 25.8. The summed E-state index contributed by atoms with van der Waals surface area (Å²) in [6, 6.07) is -1.07. The van der Waals surface area contributed by atoms with Crippen LogP contribution in [0.15, 0.2) is 6.20 Å². The van der Waals surface area contributed by atoms with Crippen LogP contribution in [0.4, 0.5) is 8.78 Å². The van der Waals surface area contributed by atoms with Crippen molar-refractivity contribution < 1.29 is 8.78 Å². The van der Waals surface area contributed by atoms with Gasteiger partial charge in [-0.3, -0.25) is 16.0 Å². The lowest BCUT2D eigenvalue weighted by Crippen LogP contribution is -2.42. The molecule has 0 radical (unpaired) electrons. The Bertz CT molecular complexity index is 261. The summed E-state index contributed by atoms with van der Waals surface area (Å²) in [6.07, 6.45) is -0.860. The van der Waals surface area contributed by atoms with Gasteiger partial charge >= 0.3 is 0 Å². The van der Waals surface area contributed by atoms with Crippen LogP contribution in [-0.4, -0.2) is 27.5 Å². The summed E-state index contributed by atoms with van der Waals surface area (Å²) in [5, 5.41) is 7.29. The van der Waals surface area contributed by atoms with Crippen LogP contribution in [-0.2, 0) is 13.5 Å². The number of halogens is 2. The predicted octanol–water partition coefficient (Wildman–Crippen LogP) is -0.545. The number of nitrogens with one attached hydrogen (secondary N) is 1. The van der Waals surface area contributed by atoms with Crippen molar-refractivity contribution in [2.75, 3.05) is 0 Å². The molecule has 0 aliphatic heterocycles. The summed E-state index contributed by atoms with van der Waals surface area (Å²) in [4.78, 5) is 0. The van der Waals surface area contributed by atoms with Gasteiger partial charge in [0.05, 0.1) is 11.7 Å². The second-order valence-corrected chi connectivity index (χ2v) is 2.70. The lowest BCUT2D eigenvalue weighted by atomic mass is 10.2. The Labute approximate surface area is 73.9 Å². The van der Waals surface area contributed by atoms with Gasteiger partial charge in [0.15, 0.2) is 0 Å². The molecule has 1 rings (SSSR count). The predicted molar refractivity (Wildman–Crippen MR) is 41.8 cm³/mol. The molecule has 0 saturated carbocycles. The minimum absolute atomic E-state index is 0.0714. The Hall–Kier alpha value is -1.08. The van der Waals surface area contributed by atoms with Crippen molar-refractivity contribution in [2.24, 2.45) is 12.9 Å². The SMILES string of the molecule is Cn1cc(CC(NN)C(F)F)nn1. The molecular formula is C6H11F2N5. The molecule has 1 unspecified atom stereocenters. The van der Waals surface area contributed by atoms with Gasteiger partial charge in [0, 0.05) is 19.7 Å². The first-order valence-electron chi connectivity index (χ1n) is 3.73. The Morgan fingerprint density at radius 1 is 1.69 bits per heavy atom. The highest BCUT2D eigenvalue weighted by molar-refractivity contribution is 4.95. The van der Waals surface area contributed by atoms with Gasteiger partial charge in [-0.05, 0) is 0 Å². The van der Waals surface area contributed by atoms with Crippen molar-refractivity contribution in [3.63, 3.8) is 0 Å². The van der Waals surface area contributed by atoms with E-state index in [4.69, 9.17) is 5.84 Å². The number of hydrogen-bond acceptors (Lipinski definition) is 4. The molecule has 1 atom stereocenters. The molecule has 1 aromatic heterocycles. The largest absolute Gasteiger partial charge is 0.271 e. The van der Waals surface area contributed by atoms with Crippen LogP contribution in [0.2, 0.25) is 0 Å². The summed E-state index contributed by atoms with van der Waals surface area (Å²) in [6.45, 7) is 0. The lowest BCUT2D eigenvalue weighted by molar-refractivity contribution is 0.0980. The highest BCUT2D eigenvalue weighted by Gasteiger charge is 2.20. The Morgan fingerprint density at radius 3 is 2.77 bits per heavy atom. The third kappa shape index (κ3) is 2.71. The van der Waals surface area contributed by atoms with E-state index in [0.29, 0.717) is 5.69 Å². The van der Waals surface area contributed by atoms with E-state index >= 15 is 0 Å². The minimum atomic E-state index is -2.51. The molecule has 5 nitrogen and oxygen atoms in total. The number of rotatable bonds is 4. The van der Waals surface area contributed by atoms with Gasteiger partial charge in [-0.1, -0.05) is 5.21 Å². The topological polar surface area (TPSA) is 68.8 Å². The van der Waals surface area contributed by atoms with Gasteiger partial charge in [-0.2, -0.15) is 0 Å². The third-order valence-corrected chi connectivity index (χ3v) is 1.60. The quantitative estimate of drug-likeness (QED) is 0.495. The molecule has 3 N–H and O–H groups in total. The second-order valence-electron chi connectivity index (χ2n) is 2.70. The molecule has 0 aliphatic rings. The van der Waals surface area contributed by atoms with E-state index in [9.17, 15) is 8.78 Å². The number of aromatic nitrogens is 3. The van der Waals surface area contributed by atoms with Crippen LogP contribution in [0, 0.1) is 0 Å². The van der Waals surface area contributed by atoms with Crippen LogP contribution in [0.1, 0.15) is 5.69 Å². The summed E-state index contributed by atoms with van der Waals surface area (Å²) in [5.41, 5.74) is 2.52. The first-order chi connectivity index (χ1) is 6.13. The normalized spacial score (nSPS) is 13.6. The Morgan fingerprint density at radius 2 is 2.38 bits per heavy atom. The minimum Gasteiger partial charge on any atom is -0.271 e. The molecule has 1 aromatic rings. The van der Waals surface area contributed by atoms with E-state index in [0.717, 1.165) is 0 Å². The molecule has 0 aliphatic carbocycles. The first-order valence-corrected chi connectivity index (χ1v) is 3.73. The molecule has 0 aromatic carbocycles. The van der Waals surface area contributed by atoms with E-state index < -0.39 is 12.5 Å². The van der Waals surface area contributed by atoms with Crippen molar-refractivity contribution >= 4 is 0 Å². The monoisotopic (exact) mass is 191 g/mol. The maximum absolute atomic E-state index is 12.2. The average Bonchev–Trinajstić information content (AvgIpc) is 2.46. The van der Waals surface area contributed by atoms with Crippen molar-refractivity contribution in [3.8, 4) is 0 Å². The van der Waals surface area contributed by atoms with Crippen LogP contribution < -0.4 is 11.3 Å². The number of aryl methyl sites for hydroxylation is 1. The number of hydrogen-bond donors (Lipinski definition) is 2. The van der Waals surface area contributed by atoms with E-state index in [1.165, 1.54) is 4.68 Å². The zero-order valence-corrected chi connectivity index (χ0v) is 7.11. The number of hydrazine groups is 1. The highest BCUT2D eigenvalue weighted by Crippen LogP contribution is 2.05. The van der Waals surface area contributed by atoms with Gasteiger partial charge in [-0.25, -0.2) is 8.78 Å². The average molecular weight is 191 g/mol. The fourth-order valence-corrected chi connectivity index (χ4v) is 0.935. The molecule has 74 valence electrons. The van der Waals surface area contributed by atoms with Crippen LogP contribution >= 0.6 is 0 Å². The molecule has 1 heterocycles. The van der Waals surface area contributed by atoms with Crippen LogP contribution in [0.3, 0.4) is 0 Å². The van der Waals surface area contributed by atoms with E-state index in [1.54, 1.807) is 13.2 Å². The Balaban J connectivity index is 2.56. The summed E-state index contributed by atoms with van der Waals surface area (Å²) in [5.74, 6) is 4.94. The zero-order valence-electron chi connectivity index (χ0n) is 7.11. The maximum atomic E-state index is 12.2. The fourth-order valence-electron chi connectivity index (χ4n) is 0.935. The highest BCUT2D eigenvalue weighted by atomic mass is 19.3. The Kier molecular flexibility index (Phi) is 3.26. The lowest BCUT2D eigenvalue weighted by Gasteiger charge is -2.11. The molecular weight excluding hydrogens is 180 g/mol. The third-order valence-electron chi connectivity index (χ3n) is 1.60. The van der Waals surface area contributed by atoms with Crippen molar-refractivity contribution in [1.82, 2.24) is 20.4 Å². The van der Waals surface area contributed by atoms with Crippen LogP contribution in [0.25, 0.3) is 0 Å². The molecule has 0 fully saturated rings. The van der Waals surface area contributed by atoms with Gasteiger partial charge < -0.3 is 0 Å². The standard InChI is InChI=1S/C6H11F2N5/c1-13-3-4(11-12-13)2-5(10-9)6(7)8/h3,5-6,10H,2,9H2,1H3. The molecule has 0 amide bonds.